The number of aliphatic imine (C=N–C) groups is 1. The van der Waals surface area contributed by atoms with Gasteiger partial charge >= 0.3 is 0 Å². The molecule has 0 bridgehead atoms. The molecule has 28 heavy (non-hydrogen) atoms. The van der Waals surface area contributed by atoms with Crippen molar-refractivity contribution in [3.8, 4) is 0 Å². The van der Waals surface area contributed by atoms with Gasteiger partial charge in [-0.1, -0.05) is 0 Å². The molecule has 0 spiro atoms. The molecule has 7 nitrogen and oxygen atoms in total. The molecule has 1 fully saturated rings. The second-order valence-corrected chi connectivity index (χ2v) is 6.64. The predicted molar refractivity (Wildman–Crippen MR) is 120 cm³/mol. The SMILES string of the molecule is CN=C(NCCCOCc1ccco1)NCC(c1ccco1)N1CCCC1.I. The summed E-state index contributed by atoms with van der Waals surface area (Å²) in [4.78, 5) is 6.79. The van der Waals surface area contributed by atoms with Crippen molar-refractivity contribution in [3.63, 3.8) is 0 Å². The number of hydrogen-bond acceptors (Lipinski definition) is 5. The third-order valence-electron chi connectivity index (χ3n) is 4.72. The molecule has 1 unspecified atom stereocenters. The van der Waals surface area contributed by atoms with Gasteiger partial charge in [-0.05, 0) is 56.6 Å². The van der Waals surface area contributed by atoms with Crippen LogP contribution >= 0.6 is 24.0 Å². The minimum atomic E-state index is 0. The van der Waals surface area contributed by atoms with Gasteiger partial charge in [0.1, 0.15) is 18.1 Å². The summed E-state index contributed by atoms with van der Waals surface area (Å²) in [5.41, 5.74) is 0. The highest BCUT2D eigenvalue weighted by molar-refractivity contribution is 14.0. The summed E-state index contributed by atoms with van der Waals surface area (Å²) >= 11 is 0. The Balaban J connectivity index is 0.00000280. The van der Waals surface area contributed by atoms with Crippen LogP contribution in [0.1, 0.15) is 36.8 Å². The number of furan rings is 2. The molecule has 2 N–H and O–H groups in total. The van der Waals surface area contributed by atoms with Crippen LogP contribution in [-0.4, -0.2) is 50.7 Å². The van der Waals surface area contributed by atoms with E-state index in [2.05, 4.69) is 26.6 Å². The van der Waals surface area contributed by atoms with Crippen LogP contribution in [-0.2, 0) is 11.3 Å². The molecule has 3 rings (SSSR count). The number of halogens is 1. The van der Waals surface area contributed by atoms with E-state index < -0.39 is 0 Å². The fourth-order valence-corrected chi connectivity index (χ4v) is 3.31. The Kier molecular flexibility index (Phi) is 10.4. The number of hydrogen-bond donors (Lipinski definition) is 2. The lowest BCUT2D eigenvalue weighted by Crippen LogP contribution is -2.43. The maximum atomic E-state index is 5.66. The predicted octanol–water partition coefficient (Wildman–Crippen LogP) is 3.40. The van der Waals surface area contributed by atoms with Gasteiger partial charge < -0.3 is 24.2 Å². The van der Waals surface area contributed by atoms with E-state index in [-0.39, 0.29) is 30.0 Å². The highest BCUT2D eigenvalue weighted by Crippen LogP contribution is 2.24. The van der Waals surface area contributed by atoms with Crippen molar-refractivity contribution in [1.82, 2.24) is 15.5 Å². The molecule has 0 aliphatic carbocycles. The summed E-state index contributed by atoms with van der Waals surface area (Å²) < 4.78 is 16.5. The Labute approximate surface area is 183 Å². The number of guanidine groups is 1. The van der Waals surface area contributed by atoms with Crippen LogP contribution in [0.2, 0.25) is 0 Å². The number of nitrogens with zero attached hydrogens (tertiary/aromatic N) is 2. The molecule has 0 aromatic carbocycles. The highest BCUT2D eigenvalue weighted by Gasteiger charge is 2.25. The van der Waals surface area contributed by atoms with E-state index in [0.717, 1.165) is 50.1 Å². The average molecular weight is 502 g/mol. The minimum absolute atomic E-state index is 0. The zero-order valence-electron chi connectivity index (χ0n) is 16.4. The van der Waals surface area contributed by atoms with Crippen molar-refractivity contribution in [3.05, 3.63) is 48.3 Å². The van der Waals surface area contributed by atoms with Crippen LogP contribution in [0.4, 0.5) is 0 Å². The van der Waals surface area contributed by atoms with Crippen molar-refractivity contribution >= 4 is 29.9 Å². The zero-order valence-corrected chi connectivity index (χ0v) is 18.8. The second kappa shape index (κ2) is 12.8. The molecular weight excluding hydrogens is 471 g/mol. The molecular formula is C20H31IN4O3. The van der Waals surface area contributed by atoms with E-state index in [4.69, 9.17) is 13.6 Å². The number of ether oxygens (including phenoxy) is 1. The monoisotopic (exact) mass is 502 g/mol. The first kappa shape index (κ1) is 22.8. The zero-order chi connectivity index (χ0) is 18.7. The second-order valence-electron chi connectivity index (χ2n) is 6.64. The maximum absolute atomic E-state index is 5.66. The van der Waals surface area contributed by atoms with Gasteiger partial charge in [-0.15, -0.1) is 24.0 Å². The fraction of sp³-hybridized carbons (Fsp3) is 0.550. The van der Waals surface area contributed by atoms with Crippen molar-refractivity contribution in [2.75, 3.05) is 39.8 Å². The Morgan fingerprint density at radius 2 is 1.96 bits per heavy atom. The van der Waals surface area contributed by atoms with Crippen LogP contribution in [0.5, 0.6) is 0 Å². The lowest BCUT2D eigenvalue weighted by Gasteiger charge is -2.26. The molecule has 0 radical (unpaired) electrons. The van der Waals surface area contributed by atoms with Crippen molar-refractivity contribution in [2.24, 2.45) is 4.99 Å². The molecule has 1 aliphatic rings. The Morgan fingerprint density at radius 1 is 1.18 bits per heavy atom. The molecule has 1 aliphatic heterocycles. The van der Waals surface area contributed by atoms with Gasteiger partial charge in [0, 0.05) is 26.7 Å². The van der Waals surface area contributed by atoms with Gasteiger partial charge in [0.25, 0.3) is 0 Å². The van der Waals surface area contributed by atoms with Crippen LogP contribution in [0, 0.1) is 0 Å². The van der Waals surface area contributed by atoms with Gasteiger partial charge in [0.2, 0.25) is 0 Å². The molecule has 0 saturated carbocycles. The van der Waals surface area contributed by atoms with E-state index in [1.165, 1.54) is 12.8 Å². The number of nitrogens with one attached hydrogen (secondary N) is 2. The lowest BCUT2D eigenvalue weighted by atomic mass is 10.2. The average Bonchev–Trinajstić information content (AvgIpc) is 3.46. The van der Waals surface area contributed by atoms with Gasteiger partial charge in [0.15, 0.2) is 5.96 Å². The van der Waals surface area contributed by atoms with Crippen LogP contribution in [0.15, 0.2) is 50.6 Å². The van der Waals surface area contributed by atoms with Crippen LogP contribution in [0.25, 0.3) is 0 Å². The standard InChI is InChI=1S/C20H30N4O3.HI/c1-21-20(22-9-6-12-25-16-17-7-4-13-26-17)23-15-18(19-8-5-14-27-19)24-10-2-3-11-24;/h4-5,7-8,13-14,18H,2-3,6,9-12,15-16H2,1H3,(H2,21,22,23);1H. The van der Waals surface area contributed by atoms with E-state index in [0.29, 0.717) is 13.2 Å². The topological polar surface area (TPSA) is 75.2 Å². The molecule has 0 amide bonds. The molecule has 1 saturated heterocycles. The van der Waals surface area contributed by atoms with Crippen LogP contribution in [0.3, 0.4) is 0 Å². The first-order valence-electron chi connectivity index (χ1n) is 9.69. The fourth-order valence-electron chi connectivity index (χ4n) is 3.31. The van der Waals surface area contributed by atoms with E-state index >= 15 is 0 Å². The minimum Gasteiger partial charge on any atom is -0.468 e. The van der Waals surface area contributed by atoms with Gasteiger partial charge in [0.05, 0.1) is 18.6 Å². The van der Waals surface area contributed by atoms with Crippen molar-refractivity contribution in [2.45, 2.75) is 31.9 Å². The first-order valence-corrected chi connectivity index (χ1v) is 9.69. The van der Waals surface area contributed by atoms with Gasteiger partial charge in [-0.2, -0.15) is 0 Å². The van der Waals surface area contributed by atoms with Crippen molar-refractivity contribution < 1.29 is 13.6 Å². The molecule has 3 heterocycles. The highest BCUT2D eigenvalue weighted by atomic mass is 127. The van der Waals surface area contributed by atoms with Gasteiger partial charge in [-0.25, -0.2) is 0 Å². The Hall–Kier alpha value is -1.52. The summed E-state index contributed by atoms with van der Waals surface area (Å²) in [5, 5.41) is 6.77. The smallest absolute Gasteiger partial charge is 0.191 e. The molecule has 2 aromatic rings. The van der Waals surface area contributed by atoms with Gasteiger partial charge in [-0.3, -0.25) is 9.89 Å². The Bertz CT molecular complexity index is 655. The molecule has 8 heteroatoms. The van der Waals surface area contributed by atoms with Crippen LogP contribution < -0.4 is 10.6 Å². The number of likely N-dealkylation sites (tertiary alicyclic amines) is 1. The summed E-state index contributed by atoms with van der Waals surface area (Å²) in [6, 6.07) is 8.02. The number of rotatable bonds is 10. The molecule has 156 valence electrons. The Morgan fingerprint density at radius 3 is 2.64 bits per heavy atom. The maximum Gasteiger partial charge on any atom is 0.191 e. The largest absolute Gasteiger partial charge is 0.468 e. The third-order valence-corrected chi connectivity index (χ3v) is 4.72. The summed E-state index contributed by atoms with van der Waals surface area (Å²) in [5.74, 6) is 2.66. The summed E-state index contributed by atoms with van der Waals surface area (Å²) in [6.45, 7) is 4.99. The summed E-state index contributed by atoms with van der Waals surface area (Å²) in [7, 11) is 1.79. The third kappa shape index (κ3) is 7.14. The van der Waals surface area contributed by atoms with Crippen molar-refractivity contribution in [1.29, 1.82) is 0 Å². The van der Waals surface area contributed by atoms with E-state index in [1.54, 1.807) is 19.6 Å². The normalized spacial score (nSPS) is 16.0. The molecule has 1 atom stereocenters. The first-order chi connectivity index (χ1) is 13.4. The molecule has 2 aromatic heterocycles. The van der Waals surface area contributed by atoms with E-state index in [1.807, 2.05) is 18.2 Å². The quantitative estimate of drug-likeness (QED) is 0.225. The van der Waals surface area contributed by atoms with E-state index in [9.17, 15) is 0 Å². The summed E-state index contributed by atoms with van der Waals surface area (Å²) in [6.07, 6.45) is 6.81. The lowest BCUT2D eigenvalue weighted by molar-refractivity contribution is 0.105.